The van der Waals surface area contributed by atoms with Crippen LogP contribution in [0.15, 0.2) is 267 Å². The number of fused-ring (bicyclic) bond motifs is 5. The second-order valence-electron chi connectivity index (χ2n) is 20.4. The summed E-state index contributed by atoms with van der Waals surface area (Å²) >= 11 is 0. The summed E-state index contributed by atoms with van der Waals surface area (Å²) in [6.45, 7) is 26.6. The molecule has 0 aliphatic heterocycles. The maximum absolute atomic E-state index is 9.61. The van der Waals surface area contributed by atoms with Gasteiger partial charge >= 0.3 is 0 Å². The van der Waals surface area contributed by atoms with Crippen molar-refractivity contribution in [2.45, 2.75) is 110 Å². The van der Waals surface area contributed by atoms with Crippen LogP contribution in [-0.2, 0) is 26.4 Å². The summed E-state index contributed by atoms with van der Waals surface area (Å²) in [4.78, 5) is 0. The van der Waals surface area contributed by atoms with Crippen LogP contribution in [0.1, 0.15) is 99.9 Å². The van der Waals surface area contributed by atoms with Gasteiger partial charge in [0.2, 0.25) is 0 Å². The van der Waals surface area contributed by atoms with Crippen LogP contribution in [0.5, 0.6) is 34.5 Å². The second kappa shape index (κ2) is 37.0. The van der Waals surface area contributed by atoms with Crippen LogP contribution >= 0.6 is 0 Å². The Hall–Kier alpha value is -10.0. The lowest BCUT2D eigenvalue weighted by molar-refractivity contribution is 0.303. The van der Waals surface area contributed by atoms with Gasteiger partial charge in [0.1, 0.15) is 60.9 Å². The number of benzene rings is 13. The van der Waals surface area contributed by atoms with Crippen LogP contribution in [0.25, 0.3) is 53.9 Å². The first-order valence-corrected chi connectivity index (χ1v) is 31.6. The van der Waals surface area contributed by atoms with E-state index in [1.165, 1.54) is 82.0 Å². The fourth-order valence-electron chi connectivity index (χ4n) is 10.3. The minimum absolute atomic E-state index is 0.218. The fourth-order valence-corrected chi connectivity index (χ4v) is 10.3. The van der Waals surface area contributed by atoms with Gasteiger partial charge in [-0.1, -0.05) is 279 Å². The number of ether oxygens (including phenoxy) is 4. The van der Waals surface area contributed by atoms with E-state index in [2.05, 4.69) is 191 Å². The SMILES string of the molecule is CC.CC.CC.CC.Cc1cc(C)c(OCc2cccc3ccccc23)c(C)c1.Cc1ccc(OCc2cccc3ccccc23)cc1.Oc1ccc2c(OCc3cccc4ccccc34)cccc2c1.Oc1cccc(OCc2cccc3ccccc23)c1. The lowest BCUT2D eigenvalue weighted by Gasteiger charge is -2.14. The van der Waals surface area contributed by atoms with Gasteiger partial charge in [0.05, 0.1) is 0 Å². The zero-order chi connectivity index (χ0) is 64.6. The van der Waals surface area contributed by atoms with Crippen LogP contribution < -0.4 is 18.9 Å². The zero-order valence-electron chi connectivity index (χ0n) is 54.8. The van der Waals surface area contributed by atoms with Crippen molar-refractivity contribution in [1.82, 2.24) is 0 Å². The van der Waals surface area contributed by atoms with Crippen LogP contribution in [0, 0.1) is 27.7 Å². The Balaban J connectivity index is 0.000000184. The third-order valence-electron chi connectivity index (χ3n) is 14.3. The predicted octanol–water partition coefficient (Wildman–Crippen LogP) is 23.6. The highest BCUT2D eigenvalue weighted by Gasteiger charge is 2.10. The summed E-state index contributed by atoms with van der Waals surface area (Å²) in [6, 6.07) is 89.1. The third kappa shape index (κ3) is 19.7. The quantitative estimate of drug-likeness (QED) is 0.127. The lowest BCUT2D eigenvalue weighted by Crippen LogP contribution is -2.00. The maximum atomic E-state index is 9.61. The van der Waals surface area contributed by atoms with E-state index in [0.29, 0.717) is 32.2 Å². The van der Waals surface area contributed by atoms with E-state index in [4.69, 9.17) is 18.9 Å². The molecule has 6 heteroatoms. The Kier molecular flexibility index (Phi) is 28.4. The molecule has 90 heavy (non-hydrogen) atoms. The summed E-state index contributed by atoms with van der Waals surface area (Å²) in [5, 5.41) is 30.9. The van der Waals surface area contributed by atoms with Crippen molar-refractivity contribution in [3.63, 3.8) is 0 Å². The van der Waals surface area contributed by atoms with Crippen molar-refractivity contribution in [1.29, 1.82) is 0 Å². The molecule has 0 aliphatic carbocycles. The second-order valence-corrected chi connectivity index (χ2v) is 20.4. The minimum Gasteiger partial charge on any atom is -0.508 e. The molecule has 0 saturated carbocycles. The molecule has 13 aromatic rings. The van der Waals surface area contributed by atoms with Crippen LogP contribution in [0.2, 0.25) is 0 Å². The molecule has 0 unspecified atom stereocenters. The first-order valence-electron chi connectivity index (χ1n) is 31.6. The van der Waals surface area contributed by atoms with E-state index < -0.39 is 0 Å². The first kappa shape index (κ1) is 69.1. The largest absolute Gasteiger partial charge is 0.508 e. The number of hydrogen-bond acceptors (Lipinski definition) is 6. The van der Waals surface area contributed by atoms with Gasteiger partial charge in [-0.2, -0.15) is 0 Å². The smallest absolute Gasteiger partial charge is 0.127 e. The monoisotopic (exact) mass is 1190 g/mol. The van der Waals surface area contributed by atoms with E-state index in [9.17, 15) is 10.2 Å². The molecule has 2 N–H and O–H groups in total. The van der Waals surface area contributed by atoms with Gasteiger partial charge in [-0.25, -0.2) is 0 Å². The summed E-state index contributed by atoms with van der Waals surface area (Å²) in [7, 11) is 0. The highest BCUT2D eigenvalue weighted by Crippen LogP contribution is 2.31. The topological polar surface area (TPSA) is 77.4 Å². The zero-order valence-corrected chi connectivity index (χ0v) is 54.8. The minimum atomic E-state index is 0.218. The van der Waals surface area contributed by atoms with E-state index >= 15 is 0 Å². The summed E-state index contributed by atoms with van der Waals surface area (Å²) in [6.07, 6.45) is 0. The first-order chi connectivity index (χ1) is 44.1. The molecule has 13 aromatic carbocycles. The van der Waals surface area contributed by atoms with Gasteiger partial charge in [-0.3, -0.25) is 0 Å². The number of rotatable bonds is 12. The van der Waals surface area contributed by atoms with Gasteiger partial charge in [0.15, 0.2) is 0 Å². The van der Waals surface area contributed by atoms with Gasteiger partial charge in [-0.15, -0.1) is 0 Å². The highest BCUT2D eigenvalue weighted by atomic mass is 16.5. The number of hydrogen-bond donors (Lipinski definition) is 2. The Labute approximate surface area is 535 Å². The summed E-state index contributed by atoms with van der Waals surface area (Å²) in [5.41, 5.74) is 9.69. The van der Waals surface area contributed by atoms with Crippen molar-refractivity contribution < 1.29 is 29.2 Å². The standard InChI is InChI=1S/C21H16O2.C20H20O.C18H16O.C17H14O2.4C2H6/c22-18-11-12-20-16(13-18)7-4-10-21(20)23-14-17-8-3-6-15-5-1-2-9-19(15)17;1-14-11-15(2)20(16(3)12-14)21-13-18-9-6-8-17-7-4-5-10-19(17)18;1-14-9-11-17(12-10-14)19-13-16-7-4-6-15-5-2-3-8-18(15)16;18-15-8-4-9-16(11-15)19-12-14-7-3-6-13-5-1-2-10-17(13)14;4*1-2/h1-13,22H,14H2;4-12H,13H2,1-3H3;2-12H,13H2,1H3;1-11,18H,12H2;4*1-2H3. The molecule has 0 bridgehead atoms. The molecule has 0 aromatic heterocycles. The maximum Gasteiger partial charge on any atom is 0.127 e. The molecule has 0 heterocycles. The summed E-state index contributed by atoms with van der Waals surface area (Å²) in [5.74, 6) is 3.91. The molecule has 0 spiro atoms. The van der Waals surface area contributed by atoms with Crippen molar-refractivity contribution in [2.24, 2.45) is 0 Å². The van der Waals surface area contributed by atoms with E-state index in [1.807, 2.05) is 128 Å². The Morgan fingerprint density at radius 3 is 1.06 bits per heavy atom. The normalized spacial score (nSPS) is 10.0. The number of phenols is 2. The number of aromatic hydroxyl groups is 2. The lowest BCUT2D eigenvalue weighted by atomic mass is 10.0. The molecule has 0 saturated heterocycles. The Morgan fingerprint density at radius 1 is 0.256 bits per heavy atom. The molecule has 0 radical (unpaired) electrons. The van der Waals surface area contributed by atoms with Crippen molar-refractivity contribution in [3.8, 4) is 34.5 Å². The van der Waals surface area contributed by atoms with Crippen LogP contribution in [0.3, 0.4) is 0 Å². The molecule has 13 rings (SSSR count). The van der Waals surface area contributed by atoms with Crippen molar-refractivity contribution >= 4 is 53.9 Å². The molecular weight excluding hydrogens is 1100 g/mol. The Morgan fingerprint density at radius 2 is 0.611 bits per heavy atom. The van der Waals surface area contributed by atoms with Gasteiger partial charge in [-0.05, 0) is 158 Å². The van der Waals surface area contributed by atoms with Gasteiger partial charge in [0.25, 0.3) is 0 Å². The molecular formula is C84H90O6. The van der Waals surface area contributed by atoms with E-state index in [1.54, 1.807) is 30.3 Å². The fraction of sp³-hybridized carbons (Fsp3) is 0.190. The van der Waals surface area contributed by atoms with E-state index in [-0.39, 0.29) is 11.5 Å². The molecule has 0 atom stereocenters. The van der Waals surface area contributed by atoms with Gasteiger partial charge < -0.3 is 29.2 Å². The van der Waals surface area contributed by atoms with Crippen LogP contribution in [0.4, 0.5) is 0 Å². The molecule has 462 valence electrons. The molecule has 0 fully saturated rings. The summed E-state index contributed by atoms with van der Waals surface area (Å²) < 4.78 is 23.8. The molecule has 0 aliphatic rings. The average Bonchev–Trinajstić information content (AvgIpc) is 3.34. The highest BCUT2D eigenvalue weighted by molar-refractivity contribution is 5.90. The number of phenolic OH excluding ortho intramolecular Hbond substituents is 2. The van der Waals surface area contributed by atoms with E-state index in [0.717, 1.165) is 33.6 Å². The average molecular weight is 1200 g/mol. The van der Waals surface area contributed by atoms with Crippen LogP contribution in [-0.4, -0.2) is 10.2 Å². The molecule has 0 amide bonds. The number of aryl methyl sites for hydroxylation is 4. The van der Waals surface area contributed by atoms with Crippen molar-refractivity contribution in [2.75, 3.05) is 0 Å². The Bertz CT molecular complexity index is 4220. The predicted molar refractivity (Wildman–Crippen MR) is 384 cm³/mol. The van der Waals surface area contributed by atoms with Gasteiger partial charge in [0, 0.05) is 11.5 Å². The third-order valence-corrected chi connectivity index (χ3v) is 14.3. The molecule has 6 nitrogen and oxygen atoms in total. The van der Waals surface area contributed by atoms with Crippen molar-refractivity contribution in [3.05, 3.63) is 311 Å².